The Labute approximate surface area is 195 Å². The van der Waals surface area contributed by atoms with Crippen LogP contribution in [0.5, 0.6) is 0 Å². The van der Waals surface area contributed by atoms with Gasteiger partial charge in [-0.1, -0.05) is 11.3 Å². The van der Waals surface area contributed by atoms with Crippen molar-refractivity contribution in [3.8, 4) is 0 Å². The molecule has 3 aromatic heterocycles. The average Bonchev–Trinajstić information content (AvgIpc) is 3.47. The van der Waals surface area contributed by atoms with Gasteiger partial charge in [0.15, 0.2) is 5.82 Å². The number of hydrogen-bond donors (Lipinski definition) is 2. The maximum atomic E-state index is 13.0. The van der Waals surface area contributed by atoms with Crippen LogP contribution in [0.15, 0.2) is 24.3 Å². The number of anilines is 2. The molecule has 4 heterocycles. The van der Waals surface area contributed by atoms with Gasteiger partial charge in [-0.05, 0) is 37.6 Å². The molecule has 1 aliphatic heterocycles. The SMILES string of the molecule is Cc1cc(C(F)(F)F)cc(CNC(=O)c2nnc(N3CCC(c4ccc(NC=O)nn4)C3)s2)n1. The van der Waals surface area contributed by atoms with Gasteiger partial charge < -0.3 is 15.5 Å². The molecule has 3 aromatic rings. The lowest BCUT2D eigenvalue weighted by Crippen LogP contribution is -2.23. The molecule has 178 valence electrons. The molecule has 0 bridgehead atoms. The monoisotopic (exact) mass is 492 g/mol. The number of halogens is 3. The Bertz CT molecular complexity index is 1190. The minimum atomic E-state index is -4.49. The molecule has 0 saturated carbocycles. The Morgan fingerprint density at radius 3 is 2.76 bits per heavy atom. The largest absolute Gasteiger partial charge is 0.416 e. The predicted octanol–water partition coefficient (Wildman–Crippen LogP) is 2.54. The van der Waals surface area contributed by atoms with E-state index in [-0.39, 0.29) is 28.9 Å². The van der Waals surface area contributed by atoms with E-state index < -0.39 is 17.6 Å². The van der Waals surface area contributed by atoms with E-state index in [0.717, 1.165) is 35.6 Å². The Hall–Kier alpha value is -3.68. The Balaban J connectivity index is 1.36. The van der Waals surface area contributed by atoms with Gasteiger partial charge >= 0.3 is 6.18 Å². The van der Waals surface area contributed by atoms with Crippen molar-refractivity contribution in [1.29, 1.82) is 0 Å². The molecule has 2 amide bonds. The zero-order valence-corrected chi connectivity index (χ0v) is 18.7. The standard InChI is InChI=1S/C20H19F3N8O2S/c1-11-6-13(20(21,22)23)7-14(26-11)8-24-17(33)18-29-30-19(34-18)31-5-4-12(9-31)15-2-3-16(25-10-32)28-27-15/h2-3,6-7,10,12H,4-5,8-9H2,1H3,(H,24,33)(H,25,28,32). The molecular weight excluding hydrogens is 473 g/mol. The van der Waals surface area contributed by atoms with Crippen molar-refractivity contribution in [2.24, 2.45) is 0 Å². The van der Waals surface area contributed by atoms with Crippen molar-refractivity contribution in [2.75, 3.05) is 23.3 Å². The van der Waals surface area contributed by atoms with Gasteiger partial charge in [-0.15, -0.1) is 15.3 Å². The van der Waals surface area contributed by atoms with Crippen LogP contribution in [0.25, 0.3) is 0 Å². The van der Waals surface area contributed by atoms with Gasteiger partial charge in [-0.25, -0.2) is 0 Å². The number of nitrogens with one attached hydrogen (secondary N) is 2. The Morgan fingerprint density at radius 2 is 2.06 bits per heavy atom. The number of aryl methyl sites for hydroxylation is 1. The van der Waals surface area contributed by atoms with Crippen LogP contribution in [0.2, 0.25) is 0 Å². The normalized spacial score (nSPS) is 15.9. The molecule has 1 fully saturated rings. The zero-order chi connectivity index (χ0) is 24.3. The highest BCUT2D eigenvalue weighted by atomic mass is 32.1. The summed E-state index contributed by atoms with van der Waals surface area (Å²) in [5.41, 5.74) is 0.277. The molecule has 0 spiro atoms. The third-order valence-electron chi connectivity index (χ3n) is 5.14. The smallest absolute Gasteiger partial charge is 0.346 e. The molecule has 1 saturated heterocycles. The summed E-state index contributed by atoms with van der Waals surface area (Å²) in [7, 11) is 0. The van der Waals surface area contributed by atoms with Crippen LogP contribution in [0.4, 0.5) is 24.1 Å². The van der Waals surface area contributed by atoms with Gasteiger partial charge in [-0.3, -0.25) is 14.6 Å². The highest BCUT2D eigenvalue weighted by molar-refractivity contribution is 7.17. The molecule has 34 heavy (non-hydrogen) atoms. The van der Waals surface area contributed by atoms with E-state index in [2.05, 4.69) is 36.0 Å². The molecule has 0 radical (unpaired) electrons. The van der Waals surface area contributed by atoms with Gasteiger partial charge in [0.1, 0.15) is 0 Å². The van der Waals surface area contributed by atoms with Crippen LogP contribution >= 0.6 is 11.3 Å². The summed E-state index contributed by atoms with van der Waals surface area (Å²) in [6.07, 6.45) is -3.16. The van der Waals surface area contributed by atoms with E-state index in [1.165, 1.54) is 6.92 Å². The highest BCUT2D eigenvalue weighted by Crippen LogP contribution is 2.32. The summed E-state index contributed by atoms with van der Waals surface area (Å²) in [6, 6.07) is 5.34. The van der Waals surface area contributed by atoms with Crippen molar-refractivity contribution in [3.63, 3.8) is 0 Å². The van der Waals surface area contributed by atoms with Gasteiger partial charge in [0.2, 0.25) is 16.5 Å². The van der Waals surface area contributed by atoms with E-state index >= 15 is 0 Å². The third kappa shape index (κ3) is 5.44. The first-order valence-corrected chi connectivity index (χ1v) is 11.0. The molecule has 1 atom stereocenters. The van der Waals surface area contributed by atoms with Crippen LogP contribution in [-0.2, 0) is 17.5 Å². The fraction of sp³-hybridized carbons (Fsp3) is 0.350. The molecule has 2 N–H and O–H groups in total. The fourth-order valence-electron chi connectivity index (χ4n) is 3.55. The zero-order valence-electron chi connectivity index (χ0n) is 17.8. The maximum absolute atomic E-state index is 13.0. The number of nitrogens with zero attached hydrogens (tertiary/aromatic N) is 6. The second-order valence-electron chi connectivity index (χ2n) is 7.60. The molecule has 14 heteroatoms. The summed E-state index contributed by atoms with van der Waals surface area (Å²) >= 11 is 1.10. The summed E-state index contributed by atoms with van der Waals surface area (Å²) in [5, 5.41) is 21.8. The first-order chi connectivity index (χ1) is 16.2. The third-order valence-corrected chi connectivity index (χ3v) is 6.12. The number of amides is 2. The van der Waals surface area contributed by atoms with E-state index in [9.17, 15) is 22.8 Å². The number of carbonyl (C=O) groups excluding carboxylic acids is 2. The summed E-state index contributed by atoms with van der Waals surface area (Å²) in [4.78, 5) is 29.0. The lowest BCUT2D eigenvalue weighted by atomic mass is 10.1. The molecule has 1 aliphatic rings. The molecule has 0 aromatic carbocycles. The fourth-order valence-corrected chi connectivity index (χ4v) is 4.34. The van der Waals surface area contributed by atoms with Gasteiger partial charge in [0.05, 0.1) is 23.5 Å². The number of alkyl halides is 3. The maximum Gasteiger partial charge on any atom is 0.416 e. The second kappa shape index (κ2) is 9.67. The molecular formula is C20H19F3N8O2S. The van der Waals surface area contributed by atoms with E-state index in [1.54, 1.807) is 12.1 Å². The minimum Gasteiger partial charge on any atom is -0.346 e. The first-order valence-electron chi connectivity index (χ1n) is 10.2. The quantitative estimate of drug-likeness (QED) is 0.482. The van der Waals surface area contributed by atoms with Crippen LogP contribution in [0, 0.1) is 6.92 Å². The van der Waals surface area contributed by atoms with Crippen molar-refractivity contribution in [3.05, 3.63) is 51.9 Å². The lowest BCUT2D eigenvalue weighted by Gasteiger charge is -2.13. The molecule has 10 nitrogen and oxygen atoms in total. The highest BCUT2D eigenvalue weighted by Gasteiger charge is 2.31. The summed E-state index contributed by atoms with van der Waals surface area (Å²) in [5.74, 6) is -0.0708. The van der Waals surface area contributed by atoms with Crippen LogP contribution < -0.4 is 15.5 Å². The summed E-state index contributed by atoms with van der Waals surface area (Å²) < 4.78 is 39.0. The van der Waals surface area contributed by atoms with Crippen LogP contribution in [-0.4, -0.2) is 50.8 Å². The van der Waals surface area contributed by atoms with Crippen LogP contribution in [0.3, 0.4) is 0 Å². The number of rotatable bonds is 7. The van der Waals surface area contributed by atoms with Crippen molar-refractivity contribution in [1.82, 2.24) is 30.7 Å². The Morgan fingerprint density at radius 1 is 1.24 bits per heavy atom. The molecule has 1 unspecified atom stereocenters. The van der Waals surface area contributed by atoms with Crippen molar-refractivity contribution >= 4 is 34.6 Å². The van der Waals surface area contributed by atoms with E-state index in [1.807, 2.05) is 4.90 Å². The van der Waals surface area contributed by atoms with Crippen molar-refractivity contribution in [2.45, 2.75) is 32.0 Å². The van der Waals surface area contributed by atoms with E-state index in [4.69, 9.17) is 0 Å². The lowest BCUT2D eigenvalue weighted by molar-refractivity contribution is -0.137. The minimum absolute atomic E-state index is 0.100. The summed E-state index contributed by atoms with van der Waals surface area (Å²) in [6.45, 7) is 2.59. The van der Waals surface area contributed by atoms with Gasteiger partial charge in [0.25, 0.3) is 5.91 Å². The Kier molecular flexibility index (Phi) is 6.68. The number of hydrogen-bond acceptors (Lipinski definition) is 9. The van der Waals surface area contributed by atoms with E-state index in [0.29, 0.717) is 30.4 Å². The van der Waals surface area contributed by atoms with Gasteiger partial charge in [-0.2, -0.15) is 18.3 Å². The first kappa shape index (κ1) is 23.5. The molecule has 4 rings (SSSR count). The topological polar surface area (TPSA) is 126 Å². The molecule has 0 aliphatic carbocycles. The number of aromatic nitrogens is 5. The van der Waals surface area contributed by atoms with Crippen molar-refractivity contribution < 1.29 is 22.8 Å². The number of pyridine rings is 1. The predicted molar refractivity (Wildman–Crippen MR) is 116 cm³/mol. The van der Waals surface area contributed by atoms with Crippen LogP contribution in [0.1, 0.15) is 44.8 Å². The van der Waals surface area contributed by atoms with Gasteiger partial charge in [0, 0.05) is 24.7 Å². The second-order valence-corrected chi connectivity index (χ2v) is 8.55. The number of carbonyl (C=O) groups is 2. The average molecular weight is 492 g/mol.